The Bertz CT molecular complexity index is 452. The van der Waals surface area contributed by atoms with Gasteiger partial charge in [0.15, 0.2) is 5.78 Å². The molecule has 0 saturated heterocycles. The zero-order chi connectivity index (χ0) is 17.1. The number of halogens is 3. The SMILES string of the molecule is CCCCCCOCCCCC(=O)c1ccc(C(F)(F)F)cc1. The minimum absolute atomic E-state index is 0.123. The van der Waals surface area contributed by atoms with Gasteiger partial charge in [0.25, 0.3) is 0 Å². The Kier molecular flexibility index (Phi) is 8.92. The maximum absolute atomic E-state index is 12.4. The van der Waals surface area contributed by atoms with Crippen molar-refractivity contribution in [3.8, 4) is 0 Å². The van der Waals surface area contributed by atoms with E-state index in [1.165, 1.54) is 31.4 Å². The molecule has 5 heteroatoms. The van der Waals surface area contributed by atoms with Crippen LogP contribution in [0.3, 0.4) is 0 Å². The molecular weight excluding hydrogens is 305 g/mol. The molecule has 0 heterocycles. The van der Waals surface area contributed by atoms with E-state index in [2.05, 4.69) is 6.92 Å². The van der Waals surface area contributed by atoms with Crippen molar-refractivity contribution in [2.45, 2.75) is 58.0 Å². The van der Waals surface area contributed by atoms with Crippen LogP contribution < -0.4 is 0 Å². The van der Waals surface area contributed by atoms with Crippen LogP contribution in [0.2, 0.25) is 0 Å². The average molecular weight is 330 g/mol. The van der Waals surface area contributed by atoms with Gasteiger partial charge in [-0.1, -0.05) is 38.3 Å². The van der Waals surface area contributed by atoms with E-state index in [-0.39, 0.29) is 5.78 Å². The van der Waals surface area contributed by atoms with Crippen molar-refractivity contribution in [2.75, 3.05) is 13.2 Å². The van der Waals surface area contributed by atoms with Crippen LogP contribution in [0.15, 0.2) is 24.3 Å². The first-order valence-corrected chi connectivity index (χ1v) is 8.23. The molecule has 0 aliphatic heterocycles. The molecule has 0 radical (unpaired) electrons. The van der Waals surface area contributed by atoms with Gasteiger partial charge in [-0.3, -0.25) is 4.79 Å². The van der Waals surface area contributed by atoms with Gasteiger partial charge in [0, 0.05) is 25.2 Å². The number of ether oxygens (including phenoxy) is 1. The van der Waals surface area contributed by atoms with Crippen LogP contribution in [-0.4, -0.2) is 19.0 Å². The molecule has 0 spiro atoms. The summed E-state index contributed by atoms with van der Waals surface area (Å²) in [4.78, 5) is 11.9. The Balaban J connectivity index is 2.17. The van der Waals surface area contributed by atoms with Crippen molar-refractivity contribution in [3.63, 3.8) is 0 Å². The molecule has 0 fully saturated rings. The van der Waals surface area contributed by atoms with E-state index in [1.54, 1.807) is 0 Å². The normalized spacial score (nSPS) is 11.7. The molecule has 0 saturated carbocycles. The quantitative estimate of drug-likeness (QED) is 0.387. The van der Waals surface area contributed by atoms with E-state index in [0.29, 0.717) is 25.0 Å². The molecule has 1 aromatic carbocycles. The number of carbonyl (C=O) groups excluding carboxylic acids is 1. The number of Topliss-reactive ketones (excluding diaryl/α,β-unsaturated/α-hetero) is 1. The van der Waals surface area contributed by atoms with Crippen molar-refractivity contribution in [3.05, 3.63) is 35.4 Å². The minimum atomic E-state index is -4.37. The number of carbonyl (C=O) groups is 1. The molecule has 0 atom stereocenters. The molecule has 0 amide bonds. The lowest BCUT2D eigenvalue weighted by Gasteiger charge is -2.07. The predicted octanol–water partition coefficient (Wildman–Crippen LogP) is 5.66. The first-order chi connectivity index (χ1) is 10.9. The van der Waals surface area contributed by atoms with Gasteiger partial charge in [-0.2, -0.15) is 13.2 Å². The zero-order valence-electron chi connectivity index (χ0n) is 13.6. The number of alkyl halides is 3. The lowest BCUT2D eigenvalue weighted by atomic mass is 10.0. The predicted molar refractivity (Wildman–Crippen MR) is 84.6 cm³/mol. The van der Waals surface area contributed by atoms with Crippen LogP contribution in [0.4, 0.5) is 13.2 Å². The topological polar surface area (TPSA) is 26.3 Å². The van der Waals surface area contributed by atoms with Gasteiger partial charge in [0.1, 0.15) is 0 Å². The molecule has 0 bridgehead atoms. The molecule has 1 aromatic rings. The number of rotatable bonds is 11. The van der Waals surface area contributed by atoms with Crippen LogP contribution >= 0.6 is 0 Å². The summed E-state index contributed by atoms with van der Waals surface area (Å²) in [7, 11) is 0. The van der Waals surface area contributed by atoms with E-state index in [0.717, 1.165) is 31.6 Å². The fourth-order valence-electron chi connectivity index (χ4n) is 2.21. The molecule has 0 aliphatic rings. The van der Waals surface area contributed by atoms with Gasteiger partial charge >= 0.3 is 6.18 Å². The summed E-state index contributed by atoms with van der Waals surface area (Å²) >= 11 is 0. The van der Waals surface area contributed by atoms with Gasteiger partial charge in [-0.05, 0) is 31.4 Å². The Hall–Kier alpha value is -1.36. The van der Waals surface area contributed by atoms with Crippen molar-refractivity contribution in [1.29, 1.82) is 0 Å². The monoisotopic (exact) mass is 330 g/mol. The first-order valence-electron chi connectivity index (χ1n) is 8.23. The van der Waals surface area contributed by atoms with Gasteiger partial charge in [0.05, 0.1) is 5.56 Å². The maximum Gasteiger partial charge on any atom is 0.416 e. The molecule has 0 aliphatic carbocycles. The number of unbranched alkanes of at least 4 members (excludes halogenated alkanes) is 4. The summed E-state index contributed by atoms with van der Waals surface area (Å²) < 4.78 is 42.8. The largest absolute Gasteiger partial charge is 0.416 e. The Morgan fingerprint density at radius 1 is 0.957 bits per heavy atom. The van der Waals surface area contributed by atoms with Crippen LogP contribution in [0.25, 0.3) is 0 Å². The highest BCUT2D eigenvalue weighted by Gasteiger charge is 2.30. The second-order valence-corrected chi connectivity index (χ2v) is 5.63. The third-order valence-electron chi connectivity index (χ3n) is 3.62. The third-order valence-corrected chi connectivity index (χ3v) is 3.62. The van der Waals surface area contributed by atoms with Crippen molar-refractivity contribution in [2.24, 2.45) is 0 Å². The van der Waals surface area contributed by atoms with Crippen molar-refractivity contribution < 1.29 is 22.7 Å². The molecule has 130 valence electrons. The van der Waals surface area contributed by atoms with Crippen LogP contribution in [0.5, 0.6) is 0 Å². The minimum Gasteiger partial charge on any atom is -0.381 e. The number of ketones is 1. The van der Waals surface area contributed by atoms with E-state index in [1.807, 2.05) is 0 Å². The Morgan fingerprint density at radius 3 is 2.13 bits per heavy atom. The Labute approximate surface area is 136 Å². The van der Waals surface area contributed by atoms with Crippen LogP contribution in [0, 0.1) is 0 Å². The van der Waals surface area contributed by atoms with Crippen LogP contribution in [0.1, 0.15) is 67.8 Å². The molecular formula is C18H25F3O2. The summed E-state index contributed by atoms with van der Waals surface area (Å²) in [6.07, 6.45) is 2.13. The van der Waals surface area contributed by atoms with Gasteiger partial charge in [-0.25, -0.2) is 0 Å². The Morgan fingerprint density at radius 2 is 1.57 bits per heavy atom. The highest BCUT2D eigenvalue weighted by atomic mass is 19.4. The van der Waals surface area contributed by atoms with E-state index < -0.39 is 11.7 Å². The number of benzene rings is 1. The summed E-state index contributed by atoms with van der Waals surface area (Å²) in [5, 5.41) is 0. The van der Waals surface area contributed by atoms with E-state index >= 15 is 0 Å². The van der Waals surface area contributed by atoms with Crippen molar-refractivity contribution >= 4 is 5.78 Å². The fraction of sp³-hybridized carbons (Fsp3) is 0.611. The molecule has 1 rings (SSSR count). The zero-order valence-corrected chi connectivity index (χ0v) is 13.6. The number of hydrogen-bond acceptors (Lipinski definition) is 2. The standard InChI is InChI=1S/C18H25F3O2/c1-2-3-4-6-13-23-14-7-5-8-17(22)15-9-11-16(12-10-15)18(19,20)21/h9-12H,2-8,13-14H2,1H3. The van der Waals surface area contributed by atoms with E-state index in [4.69, 9.17) is 4.74 Å². The second kappa shape index (κ2) is 10.4. The molecule has 2 nitrogen and oxygen atoms in total. The summed E-state index contributed by atoms with van der Waals surface area (Å²) in [6, 6.07) is 4.39. The average Bonchev–Trinajstić information content (AvgIpc) is 2.52. The summed E-state index contributed by atoms with van der Waals surface area (Å²) in [5.41, 5.74) is -0.399. The fourth-order valence-corrected chi connectivity index (χ4v) is 2.21. The summed E-state index contributed by atoms with van der Waals surface area (Å²) in [5.74, 6) is -0.123. The molecule has 0 aromatic heterocycles. The van der Waals surface area contributed by atoms with E-state index in [9.17, 15) is 18.0 Å². The van der Waals surface area contributed by atoms with Gasteiger partial charge in [0.2, 0.25) is 0 Å². The summed E-state index contributed by atoms with van der Waals surface area (Å²) in [6.45, 7) is 3.55. The highest BCUT2D eigenvalue weighted by molar-refractivity contribution is 5.96. The number of hydrogen-bond donors (Lipinski definition) is 0. The lowest BCUT2D eigenvalue weighted by molar-refractivity contribution is -0.137. The third kappa shape index (κ3) is 8.16. The smallest absolute Gasteiger partial charge is 0.381 e. The van der Waals surface area contributed by atoms with Crippen molar-refractivity contribution in [1.82, 2.24) is 0 Å². The van der Waals surface area contributed by atoms with Gasteiger partial charge < -0.3 is 4.74 Å². The highest BCUT2D eigenvalue weighted by Crippen LogP contribution is 2.29. The van der Waals surface area contributed by atoms with Crippen LogP contribution in [-0.2, 0) is 10.9 Å². The van der Waals surface area contributed by atoms with Gasteiger partial charge in [-0.15, -0.1) is 0 Å². The first kappa shape index (κ1) is 19.7. The molecule has 0 unspecified atom stereocenters. The molecule has 23 heavy (non-hydrogen) atoms. The second-order valence-electron chi connectivity index (χ2n) is 5.63. The lowest BCUT2D eigenvalue weighted by Crippen LogP contribution is -2.06. The molecule has 0 N–H and O–H groups in total. The maximum atomic E-state index is 12.4.